The summed E-state index contributed by atoms with van der Waals surface area (Å²) in [6.07, 6.45) is 2.93. The van der Waals surface area contributed by atoms with E-state index in [-0.39, 0.29) is 5.25 Å². The fourth-order valence-corrected chi connectivity index (χ4v) is 2.90. The third-order valence-corrected chi connectivity index (χ3v) is 5.30. The molecule has 0 N–H and O–H groups in total. The Labute approximate surface area is 111 Å². The first-order valence-electron chi connectivity index (χ1n) is 6.43. The quantitative estimate of drug-likeness (QED) is 0.714. The third-order valence-electron chi connectivity index (χ3n) is 3.06. The third kappa shape index (κ3) is 4.42. The van der Waals surface area contributed by atoms with Crippen LogP contribution < -0.4 is 0 Å². The van der Waals surface area contributed by atoms with E-state index in [9.17, 15) is 8.42 Å². The summed E-state index contributed by atoms with van der Waals surface area (Å²) in [6, 6.07) is 10.3. The maximum absolute atomic E-state index is 11.8. The molecule has 1 aromatic rings. The Balaban J connectivity index is 2.31. The highest BCUT2D eigenvalue weighted by atomic mass is 32.2. The van der Waals surface area contributed by atoms with Gasteiger partial charge >= 0.3 is 0 Å². The number of benzene rings is 1. The summed E-state index contributed by atoms with van der Waals surface area (Å²) in [5.41, 5.74) is 1.31. The average Bonchev–Trinajstić information content (AvgIpc) is 2.35. The van der Waals surface area contributed by atoms with Crippen molar-refractivity contribution in [1.82, 2.24) is 4.31 Å². The summed E-state index contributed by atoms with van der Waals surface area (Å²) < 4.78 is 25.1. The van der Waals surface area contributed by atoms with E-state index < -0.39 is 10.0 Å². The molecule has 3 nitrogen and oxygen atoms in total. The SMILES string of the molecule is CC(C)S(=O)(=O)N(C)CCCCc1ccccc1. The number of hydrogen-bond donors (Lipinski definition) is 0. The van der Waals surface area contributed by atoms with Crippen molar-refractivity contribution in [2.45, 2.75) is 38.4 Å². The molecule has 102 valence electrons. The lowest BCUT2D eigenvalue weighted by molar-refractivity contribution is 0.449. The Hall–Kier alpha value is -0.870. The lowest BCUT2D eigenvalue weighted by Gasteiger charge is -2.19. The van der Waals surface area contributed by atoms with Gasteiger partial charge in [0.15, 0.2) is 0 Å². The monoisotopic (exact) mass is 269 g/mol. The fourth-order valence-electron chi connectivity index (χ4n) is 1.80. The van der Waals surface area contributed by atoms with E-state index in [1.165, 1.54) is 9.87 Å². The number of rotatable bonds is 7. The van der Waals surface area contributed by atoms with E-state index in [0.717, 1.165) is 19.3 Å². The summed E-state index contributed by atoms with van der Waals surface area (Å²) in [5.74, 6) is 0. The van der Waals surface area contributed by atoms with Crippen LogP contribution in [0.5, 0.6) is 0 Å². The highest BCUT2D eigenvalue weighted by molar-refractivity contribution is 7.89. The molecule has 1 aromatic carbocycles. The summed E-state index contributed by atoms with van der Waals surface area (Å²) in [5, 5.41) is -0.336. The first kappa shape index (κ1) is 15.2. The molecule has 0 radical (unpaired) electrons. The van der Waals surface area contributed by atoms with Crippen LogP contribution in [0.15, 0.2) is 30.3 Å². The first-order valence-corrected chi connectivity index (χ1v) is 7.94. The van der Waals surface area contributed by atoms with Crippen LogP contribution in [0.25, 0.3) is 0 Å². The van der Waals surface area contributed by atoms with Gasteiger partial charge in [0.1, 0.15) is 0 Å². The second-order valence-corrected chi connectivity index (χ2v) is 7.45. The van der Waals surface area contributed by atoms with Crippen molar-refractivity contribution in [3.05, 3.63) is 35.9 Å². The summed E-state index contributed by atoms with van der Waals surface area (Å²) >= 11 is 0. The summed E-state index contributed by atoms with van der Waals surface area (Å²) in [4.78, 5) is 0. The molecule has 0 aliphatic rings. The Morgan fingerprint density at radius 1 is 1.11 bits per heavy atom. The van der Waals surface area contributed by atoms with E-state index in [1.807, 2.05) is 18.2 Å². The van der Waals surface area contributed by atoms with Crippen molar-refractivity contribution in [2.75, 3.05) is 13.6 Å². The smallest absolute Gasteiger partial charge is 0.212 e. The van der Waals surface area contributed by atoms with E-state index in [2.05, 4.69) is 12.1 Å². The van der Waals surface area contributed by atoms with Crippen LogP contribution in [-0.2, 0) is 16.4 Å². The Morgan fingerprint density at radius 2 is 1.72 bits per heavy atom. The minimum atomic E-state index is -3.09. The molecule has 0 atom stereocenters. The Bertz CT molecular complexity index is 440. The maximum atomic E-state index is 11.8. The number of unbranched alkanes of at least 4 members (excludes halogenated alkanes) is 1. The van der Waals surface area contributed by atoms with E-state index in [4.69, 9.17) is 0 Å². The predicted octanol–water partition coefficient (Wildman–Crippen LogP) is 2.68. The molecule has 0 fully saturated rings. The number of nitrogens with zero attached hydrogens (tertiary/aromatic N) is 1. The normalized spacial score (nSPS) is 12.3. The minimum Gasteiger partial charge on any atom is -0.212 e. The van der Waals surface area contributed by atoms with E-state index in [1.54, 1.807) is 20.9 Å². The lowest BCUT2D eigenvalue weighted by atomic mass is 10.1. The second kappa shape index (κ2) is 6.90. The van der Waals surface area contributed by atoms with Gasteiger partial charge in [0.25, 0.3) is 0 Å². The number of hydrogen-bond acceptors (Lipinski definition) is 2. The molecule has 0 saturated heterocycles. The van der Waals surface area contributed by atoms with Crippen LogP contribution in [0, 0.1) is 0 Å². The Kier molecular flexibility index (Phi) is 5.82. The van der Waals surface area contributed by atoms with Gasteiger partial charge < -0.3 is 0 Å². The topological polar surface area (TPSA) is 37.4 Å². The highest BCUT2D eigenvalue weighted by Gasteiger charge is 2.21. The molecule has 0 bridgehead atoms. The molecule has 0 unspecified atom stereocenters. The zero-order valence-electron chi connectivity index (χ0n) is 11.5. The van der Waals surface area contributed by atoms with E-state index in [0.29, 0.717) is 6.54 Å². The van der Waals surface area contributed by atoms with Gasteiger partial charge in [0.2, 0.25) is 10.0 Å². The minimum absolute atomic E-state index is 0.336. The van der Waals surface area contributed by atoms with Crippen LogP contribution in [0.4, 0.5) is 0 Å². The van der Waals surface area contributed by atoms with Gasteiger partial charge in [-0.25, -0.2) is 12.7 Å². The molecule has 0 spiro atoms. The van der Waals surface area contributed by atoms with Gasteiger partial charge in [-0.15, -0.1) is 0 Å². The molecule has 0 aliphatic heterocycles. The molecule has 0 saturated carbocycles. The Morgan fingerprint density at radius 3 is 2.28 bits per heavy atom. The average molecular weight is 269 g/mol. The predicted molar refractivity (Wildman–Crippen MR) is 76.1 cm³/mol. The molecular formula is C14H23NO2S. The number of sulfonamides is 1. The zero-order chi connectivity index (χ0) is 13.6. The largest absolute Gasteiger partial charge is 0.216 e. The van der Waals surface area contributed by atoms with Crippen molar-refractivity contribution >= 4 is 10.0 Å². The van der Waals surface area contributed by atoms with Crippen LogP contribution >= 0.6 is 0 Å². The van der Waals surface area contributed by atoms with Gasteiger partial charge in [-0.2, -0.15) is 0 Å². The molecule has 0 aliphatic carbocycles. The van der Waals surface area contributed by atoms with Crippen molar-refractivity contribution in [1.29, 1.82) is 0 Å². The van der Waals surface area contributed by atoms with Gasteiger partial charge in [-0.1, -0.05) is 30.3 Å². The lowest BCUT2D eigenvalue weighted by Crippen LogP contribution is -2.33. The van der Waals surface area contributed by atoms with E-state index >= 15 is 0 Å². The van der Waals surface area contributed by atoms with Gasteiger partial charge in [0, 0.05) is 13.6 Å². The molecule has 18 heavy (non-hydrogen) atoms. The molecular weight excluding hydrogens is 246 g/mol. The second-order valence-electron chi connectivity index (χ2n) is 4.86. The van der Waals surface area contributed by atoms with Crippen LogP contribution in [-0.4, -0.2) is 31.6 Å². The maximum Gasteiger partial charge on any atom is 0.216 e. The molecule has 1 rings (SSSR count). The van der Waals surface area contributed by atoms with Crippen LogP contribution in [0.3, 0.4) is 0 Å². The van der Waals surface area contributed by atoms with Crippen molar-refractivity contribution in [2.24, 2.45) is 0 Å². The summed E-state index contributed by atoms with van der Waals surface area (Å²) in [6.45, 7) is 4.04. The molecule has 0 amide bonds. The van der Waals surface area contributed by atoms with Gasteiger partial charge in [0.05, 0.1) is 5.25 Å². The summed E-state index contributed by atoms with van der Waals surface area (Å²) in [7, 11) is -1.42. The van der Waals surface area contributed by atoms with Crippen molar-refractivity contribution < 1.29 is 8.42 Å². The molecule has 0 aromatic heterocycles. The van der Waals surface area contributed by atoms with Crippen LogP contribution in [0.2, 0.25) is 0 Å². The van der Waals surface area contributed by atoms with Crippen molar-refractivity contribution in [3.8, 4) is 0 Å². The number of aryl methyl sites for hydroxylation is 1. The molecule has 0 heterocycles. The zero-order valence-corrected chi connectivity index (χ0v) is 12.3. The van der Waals surface area contributed by atoms with Gasteiger partial charge in [-0.05, 0) is 38.7 Å². The molecule has 4 heteroatoms. The van der Waals surface area contributed by atoms with Crippen molar-refractivity contribution in [3.63, 3.8) is 0 Å². The fraction of sp³-hybridized carbons (Fsp3) is 0.571. The highest BCUT2D eigenvalue weighted by Crippen LogP contribution is 2.09. The standard InChI is InChI=1S/C14H23NO2S/c1-13(2)18(16,17)15(3)12-8-7-11-14-9-5-4-6-10-14/h4-6,9-10,13H,7-8,11-12H2,1-3H3. The van der Waals surface area contributed by atoms with Crippen LogP contribution in [0.1, 0.15) is 32.3 Å². The van der Waals surface area contributed by atoms with Gasteiger partial charge in [-0.3, -0.25) is 0 Å². The first-order chi connectivity index (χ1) is 8.44.